The molecule has 12 nitrogen and oxygen atoms in total. The maximum absolute atomic E-state index is 14.0. The van der Waals surface area contributed by atoms with Crippen molar-refractivity contribution in [1.82, 2.24) is 15.5 Å². The van der Waals surface area contributed by atoms with Gasteiger partial charge in [0.25, 0.3) is 14.2 Å². The Labute approximate surface area is 378 Å². The largest absolute Gasteiger partial charge is 0.543 e. The van der Waals surface area contributed by atoms with E-state index in [-0.39, 0.29) is 31.0 Å². The lowest BCUT2D eigenvalue weighted by Gasteiger charge is -2.42. The van der Waals surface area contributed by atoms with E-state index in [1.54, 1.807) is 56.1 Å². The first kappa shape index (κ1) is 47.6. The number of alkyl carbamates (subject to hydrolysis) is 1. The highest BCUT2D eigenvalue weighted by Gasteiger charge is 2.47. The molecule has 0 aromatic heterocycles. The van der Waals surface area contributed by atoms with Crippen LogP contribution in [-0.4, -0.2) is 80.6 Å². The Morgan fingerprint density at radius 3 is 1.91 bits per heavy atom. The second kappa shape index (κ2) is 20.3. The number of amides is 4. The summed E-state index contributed by atoms with van der Waals surface area (Å²) in [6.45, 7) is 18.4. The zero-order valence-corrected chi connectivity index (χ0v) is 39.7. The molecule has 3 atom stereocenters. The van der Waals surface area contributed by atoms with E-state index in [0.717, 1.165) is 33.4 Å². The van der Waals surface area contributed by atoms with Gasteiger partial charge in [-0.25, -0.2) is 4.79 Å². The van der Waals surface area contributed by atoms with Crippen LogP contribution in [0, 0.1) is 5.92 Å². The number of carbonyl (C=O) groups is 4. The van der Waals surface area contributed by atoms with Gasteiger partial charge in [-0.2, -0.15) is 0 Å². The summed E-state index contributed by atoms with van der Waals surface area (Å²) in [7, 11) is -0.712. The smallest absolute Gasteiger partial charge is 0.407 e. The summed E-state index contributed by atoms with van der Waals surface area (Å²) in [6.07, 6.45) is 1.46. The Morgan fingerprint density at radius 2 is 1.36 bits per heavy atom. The van der Waals surface area contributed by atoms with Gasteiger partial charge >= 0.3 is 6.09 Å². The number of hydrogen-bond acceptors (Lipinski definition) is 8. The van der Waals surface area contributed by atoms with Crippen molar-refractivity contribution in [1.29, 1.82) is 0 Å². The number of rotatable bonds is 17. The number of nitrogens with zero attached hydrogens (tertiary/aromatic N) is 1. The van der Waals surface area contributed by atoms with Gasteiger partial charge in [0, 0.05) is 23.9 Å². The van der Waals surface area contributed by atoms with Crippen LogP contribution in [-0.2, 0) is 14.3 Å². The maximum atomic E-state index is 14.0. The van der Waals surface area contributed by atoms with E-state index in [4.69, 9.17) is 13.9 Å². The fourth-order valence-electron chi connectivity index (χ4n) is 9.54. The van der Waals surface area contributed by atoms with Gasteiger partial charge in [-0.1, -0.05) is 116 Å². The van der Waals surface area contributed by atoms with Gasteiger partial charge in [0.15, 0.2) is 0 Å². The predicted molar refractivity (Wildman–Crippen MR) is 254 cm³/mol. The normalized spacial score (nSPS) is 15.7. The van der Waals surface area contributed by atoms with Crippen LogP contribution in [0.15, 0.2) is 97.2 Å². The van der Waals surface area contributed by atoms with Gasteiger partial charge in [-0.15, -0.1) is 0 Å². The van der Waals surface area contributed by atoms with Gasteiger partial charge in [0.05, 0.1) is 25.3 Å². The van der Waals surface area contributed by atoms with Crippen LogP contribution in [0.25, 0.3) is 16.7 Å². The Kier molecular flexibility index (Phi) is 15.1. The lowest BCUT2D eigenvalue weighted by molar-refractivity contribution is -0.128. The van der Waals surface area contributed by atoms with Gasteiger partial charge in [-0.3, -0.25) is 14.4 Å². The molecule has 0 unspecified atom stereocenters. The number of fused-ring (bicyclic) bond motifs is 3. The monoisotopic (exact) mass is 888 g/mol. The molecular formula is C51H64N4O8Si. The molecule has 6 rings (SSSR count). The average Bonchev–Trinajstić information content (AvgIpc) is 3.85. The van der Waals surface area contributed by atoms with E-state index in [0.29, 0.717) is 45.8 Å². The van der Waals surface area contributed by atoms with Crippen molar-refractivity contribution >= 4 is 43.4 Å². The Hall–Kier alpha value is -5.92. The number of nitrogens with one attached hydrogen (secondary N) is 3. The standard InChI is InChI=1S/C51H64N4O8Si/c1-30(2)47(54-51(60)62-29-45-42-17-13-11-15-40(42)41-16-12-14-18-43(41)45)49(58)52-34(9)48(57)53-37-21-19-35(20-22-37)36-25-38(28-56)55(27-36)50(59)44-24-23-39(26-46(44)61-10)63-64(31(3)4,32(5)6)33(7)8/h11-24,26-27,30-34,38,45,47,56H,25,28-29H2,1-10H3,(H,52,58)(H,53,57)(H,54,60)/t34-,38-,47-/m0/s1. The summed E-state index contributed by atoms with van der Waals surface area (Å²) >= 11 is 0. The van der Waals surface area contributed by atoms with Crippen LogP contribution in [0.4, 0.5) is 10.5 Å². The van der Waals surface area contributed by atoms with Gasteiger partial charge < -0.3 is 39.9 Å². The minimum absolute atomic E-state index is 0.108. The average molecular weight is 889 g/mol. The van der Waals surface area contributed by atoms with Crippen LogP contribution in [0.3, 0.4) is 0 Å². The van der Waals surface area contributed by atoms with E-state index in [9.17, 15) is 24.3 Å². The third-order valence-electron chi connectivity index (χ3n) is 12.8. The van der Waals surface area contributed by atoms with Crippen molar-refractivity contribution in [2.45, 2.75) is 109 Å². The van der Waals surface area contributed by atoms with Crippen molar-refractivity contribution in [2.24, 2.45) is 5.92 Å². The van der Waals surface area contributed by atoms with Crippen LogP contribution in [0.5, 0.6) is 11.5 Å². The van der Waals surface area contributed by atoms with Crippen LogP contribution >= 0.6 is 0 Å². The highest BCUT2D eigenvalue weighted by molar-refractivity contribution is 6.78. The molecule has 0 spiro atoms. The molecule has 1 aliphatic carbocycles. The number of anilines is 1. The Morgan fingerprint density at radius 1 is 0.766 bits per heavy atom. The fraction of sp³-hybridized carbons (Fsp3) is 0.412. The van der Waals surface area contributed by atoms with Crippen LogP contribution < -0.4 is 25.1 Å². The first-order chi connectivity index (χ1) is 30.5. The lowest BCUT2D eigenvalue weighted by atomic mass is 9.98. The van der Waals surface area contributed by atoms with Gasteiger partial charge in [-0.05, 0) is 93.5 Å². The van der Waals surface area contributed by atoms with Crippen LogP contribution in [0.1, 0.15) is 102 Å². The molecule has 64 heavy (non-hydrogen) atoms. The Bertz CT molecular complexity index is 2290. The third kappa shape index (κ3) is 9.90. The van der Waals surface area contributed by atoms with Gasteiger partial charge in [0.2, 0.25) is 11.8 Å². The molecule has 340 valence electrons. The second-order valence-electron chi connectivity index (χ2n) is 18.2. The molecule has 2 aliphatic rings. The zero-order valence-electron chi connectivity index (χ0n) is 38.7. The molecule has 1 heterocycles. The van der Waals surface area contributed by atoms with Crippen LogP contribution in [0.2, 0.25) is 16.6 Å². The Balaban J connectivity index is 1.05. The van der Waals surface area contributed by atoms with Crippen molar-refractivity contribution in [2.75, 3.05) is 25.6 Å². The molecular weight excluding hydrogens is 825 g/mol. The van der Waals surface area contributed by atoms with E-state index >= 15 is 0 Å². The summed E-state index contributed by atoms with van der Waals surface area (Å²) < 4.78 is 18.3. The van der Waals surface area contributed by atoms with E-state index in [1.165, 1.54) is 7.11 Å². The predicted octanol–water partition coefficient (Wildman–Crippen LogP) is 9.50. The summed E-state index contributed by atoms with van der Waals surface area (Å²) in [5.74, 6) is -0.598. The molecule has 0 saturated carbocycles. The van der Waals surface area contributed by atoms with E-state index < -0.39 is 44.4 Å². The quantitative estimate of drug-likeness (QED) is 0.0765. The van der Waals surface area contributed by atoms with Gasteiger partial charge in [0.1, 0.15) is 30.2 Å². The minimum atomic E-state index is -2.25. The maximum Gasteiger partial charge on any atom is 0.407 e. The molecule has 4 N–H and O–H groups in total. The number of ether oxygens (including phenoxy) is 2. The van der Waals surface area contributed by atoms with E-state index in [1.807, 2.05) is 54.6 Å². The molecule has 4 aromatic rings. The number of carbonyl (C=O) groups excluding carboxylic acids is 4. The summed E-state index contributed by atoms with van der Waals surface area (Å²) in [6, 6.07) is 26.3. The fourth-order valence-corrected chi connectivity index (χ4v) is 14.8. The van der Waals surface area contributed by atoms with Crippen molar-refractivity contribution in [3.63, 3.8) is 0 Å². The molecule has 13 heteroatoms. The highest BCUT2D eigenvalue weighted by atomic mass is 28.4. The SMILES string of the molecule is COc1cc(O[Si](C(C)C)(C(C)C)C(C)C)ccc1C(=O)N1C=C(c2ccc(NC(=O)[C@H](C)NC(=O)[C@@H](NC(=O)OCC3c4ccccc4-c4ccccc43)C(C)C)cc2)C[C@H]1CO. The summed E-state index contributed by atoms with van der Waals surface area (Å²) in [5, 5.41) is 18.7. The zero-order chi connectivity index (χ0) is 46.5. The molecule has 0 radical (unpaired) electrons. The molecule has 4 aromatic carbocycles. The first-order valence-electron chi connectivity index (χ1n) is 22.3. The number of aliphatic hydroxyl groups is 1. The molecule has 0 saturated heterocycles. The first-order valence-corrected chi connectivity index (χ1v) is 24.5. The molecule has 4 amide bonds. The van der Waals surface area contributed by atoms with Crippen molar-refractivity contribution in [3.05, 3.63) is 119 Å². The van der Waals surface area contributed by atoms with Crippen molar-refractivity contribution < 1.29 is 38.2 Å². The third-order valence-corrected chi connectivity index (χ3v) is 18.8. The topological polar surface area (TPSA) is 156 Å². The number of hydrogen-bond donors (Lipinski definition) is 4. The number of methoxy groups -OCH3 is 1. The second-order valence-corrected chi connectivity index (χ2v) is 23.6. The summed E-state index contributed by atoms with van der Waals surface area (Å²) in [4.78, 5) is 55.4. The molecule has 0 fully saturated rings. The lowest BCUT2D eigenvalue weighted by Crippen LogP contribution is -2.53. The molecule has 1 aliphatic heterocycles. The highest BCUT2D eigenvalue weighted by Crippen LogP contribution is 2.45. The van der Waals surface area contributed by atoms with Crippen molar-refractivity contribution in [3.8, 4) is 22.6 Å². The van der Waals surface area contributed by atoms with E-state index in [2.05, 4.69) is 69.6 Å². The number of benzene rings is 4. The summed E-state index contributed by atoms with van der Waals surface area (Å²) in [5.41, 5.74) is 8.05. The minimum Gasteiger partial charge on any atom is -0.543 e. The number of aliphatic hydroxyl groups excluding tert-OH is 1. The molecule has 0 bridgehead atoms.